The fraction of sp³-hybridized carbons (Fsp3) is 0.211. The summed E-state index contributed by atoms with van der Waals surface area (Å²) in [5.41, 5.74) is -4.00. The van der Waals surface area contributed by atoms with Crippen molar-refractivity contribution in [1.29, 1.82) is 0 Å². The third-order valence-corrected chi connectivity index (χ3v) is 4.24. The van der Waals surface area contributed by atoms with Crippen molar-refractivity contribution in [2.24, 2.45) is 0 Å². The van der Waals surface area contributed by atoms with Gasteiger partial charge in [-0.15, -0.1) is 0 Å². The Bertz CT molecular complexity index is 1040. The van der Waals surface area contributed by atoms with E-state index < -0.39 is 56.8 Å². The summed E-state index contributed by atoms with van der Waals surface area (Å²) < 4.78 is 37.1. The van der Waals surface area contributed by atoms with Crippen LogP contribution in [0.2, 0.25) is 0 Å². The molecule has 2 aromatic carbocycles. The third kappa shape index (κ3) is 4.40. The fourth-order valence-electron chi connectivity index (χ4n) is 2.70. The monoisotopic (exact) mass is 422 g/mol. The van der Waals surface area contributed by atoms with E-state index in [9.17, 15) is 33.3 Å². The van der Waals surface area contributed by atoms with Gasteiger partial charge >= 0.3 is 11.9 Å². The number of nitrogens with zero attached hydrogens (tertiary/aromatic N) is 1. The van der Waals surface area contributed by atoms with E-state index in [1.807, 2.05) is 0 Å². The van der Waals surface area contributed by atoms with Crippen molar-refractivity contribution < 1.29 is 37.6 Å². The van der Waals surface area contributed by atoms with E-state index in [0.717, 1.165) is 51.5 Å². The van der Waals surface area contributed by atoms with Crippen molar-refractivity contribution >= 4 is 23.5 Å². The minimum Gasteiger partial charge on any atom is -0.467 e. The average molecular weight is 422 g/mol. The molecule has 2 aromatic rings. The van der Waals surface area contributed by atoms with E-state index in [0.29, 0.717) is 6.07 Å². The van der Waals surface area contributed by atoms with Crippen LogP contribution < -0.4 is 5.32 Å². The Hall–Kier alpha value is -3.89. The predicted molar refractivity (Wildman–Crippen MR) is 97.6 cm³/mol. The molecule has 9 nitrogen and oxygen atoms in total. The van der Waals surface area contributed by atoms with Crippen molar-refractivity contribution in [3.63, 3.8) is 0 Å². The van der Waals surface area contributed by atoms with Gasteiger partial charge in [0.15, 0.2) is 5.54 Å². The largest absolute Gasteiger partial charge is 0.467 e. The number of hydrogen-bond acceptors (Lipinski definition) is 7. The van der Waals surface area contributed by atoms with Gasteiger partial charge in [0.2, 0.25) is 0 Å². The quantitative estimate of drug-likeness (QED) is 0.431. The first kappa shape index (κ1) is 22.4. The fourth-order valence-corrected chi connectivity index (χ4v) is 2.70. The van der Waals surface area contributed by atoms with Gasteiger partial charge in [-0.3, -0.25) is 14.9 Å². The second-order valence-electron chi connectivity index (χ2n) is 6.21. The number of carbonyl (C=O) groups excluding carboxylic acids is 3. The smallest absolute Gasteiger partial charge is 0.338 e. The minimum atomic E-state index is -2.19. The molecule has 0 spiro atoms. The SMILES string of the molecule is COC(=O)c1cc(C(=O)N[C@@](C)(C(=O)OC)c2cc(F)ccc2F)cc([N+](=O)[O-])c1. The summed E-state index contributed by atoms with van der Waals surface area (Å²) in [5, 5.41) is 13.3. The van der Waals surface area contributed by atoms with Gasteiger partial charge in [0.05, 0.1) is 24.7 Å². The second-order valence-corrected chi connectivity index (χ2v) is 6.21. The van der Waals surface area contributed by atoms with E-state index in [1.165, 1.54) is 0 Å². The Kier molecular flexibility index (Phi) is 6.45. The topological polar surface area (TPSA) is 125 Å². The van der Waals surface area contributed by atoms with Crippen LogP contribution in [0, 0.1) is 21.7 Å². The highest BCUT2D eigenvalue weighted by atomic mass is 19.1. The lowest BCUT2D eigenvalue weighted by Gasteiger charge is -2.29. The van der Waals surface area contributed by atoms with Crippen LogP contribution in [0.5, 0.6) is 0 Å². The van der Waals surface area contributed by atoms with Crippen LogP contribution in [-0.4, -0.2) is 37.0 Å². The highest BCUT2D eigenvalue weighted by Crippen LogP contribution is 2.27. The molecule has 0 heterocycles. The first-order valence-corrected chi connectivity index (χ1v) is 8.27. The molecule has 0 aliphatic rings. The van der Waals surface area contributed by atoms with Crippen molar-refractivity contribution in [3.05, 3.63) is 74.8 Å². The Morgan fingerprint density at radius 1 is 1.03 bits per heavy atom. The molecule has 1 N–H and O–H groups in total. The Labute approximate surface area is 168 Å². The van der Waals surface area contributed by atoms with Crippen LogP contribution in [-0.2, 0) is 19.8 Å². The van der Waals surface area contributed by atoms with Crippen LogP contribution >= 0.6 is 0 Å². The molecule has 0 saturated carbocycles. The highest BCUT2D eigenvalue weighted by molar-refractivity contribution is 6.01. The number of amides is 1. The van der Waals surface area contributed by atoms with E-state index >= 15 is 0 Å². The number of carbonyl (C=O) groups is 3. The van der Waals surface area contributed by atoms with Gasteiger partial charge in [-0.2, -0.15) is 0 Å². The zero-order chi connectivity index (χ0) is 22.6. The van der Waals surface area contributed by atoms with Crippen LogP contribution in [0.3, 0.4) is 0 Å². The van der Waals surface area contributed by atoms with Crippen LogP contribution in [0.25, 0.3) is 0 Å². The molecular formula is C19H16F2N2O7. The summed E-state index contributed by atoms with van der Waals surface area (Å²) >= 11 is 0. The van der Waals surface area contributed by atoms with Crippen LogP contribution in [0.15, 0.2) is 36.4 Å². The maximum Gasteiger partial charge on any atom is 0.338 e. The van der Waals surface area contributed by atoms with Gasteiger partial charge in [-0.1, -0.05) is 0 Å². The maximum absolute atomic E-state index is 14.3. The molecule has 1 atom stereocenters. The van der Waals surface area contributed by atoms with Gasteiger partial charge in [-0.05, 0) is 31.2 Å². The molecule has 0 saturated heterocycles. The number of esters is 2. The lowest BCUT2D eigenvalue weighted by molar-refractivity contribution is -0.384. The molecule has 158 valence electrons. The number of non-ortho nitro benzene ring substituents is 1. The molecule has 0 unspecified atom stereocenters. The van der Waals surface area contributed by atoms with Crippen molar-refractivity contribution in [2.45, 2.75) is 12.5 Å². The summed E-state index contributed by atoms with van der Waals surface area (Å²) in [4.78, 5) is 47.2. The summed E-state index contributed by atoms with van der Waals surface area (Å²) in [6, 6.07) is 5.03. The number of nitrogens with one attached hydrogen (secondary N) is 1. The first-order valence-electron chi connectivity index (χ1n) is 8.27. The van der Waals surface area contributed by atoms with Gasteiger partial charge in [0.25, 0.3) is 11.6 Å². The molecular weight excluding hydrogens is 406 g/mol. The molecule has 0 aromatic heterocycles. The molecule has 1 amide bonds. The second kappa shape index (κ2) is 8.64. The molecule has 0 fully saturated rings. The maximum atomic E-state index is 14.3. The molecule has 30 heavy (non-hydrogen) atoms. The Morgan fingerprint density at radius 3 is 2.23 bits per heavy atom. The lowest BCUT2D eigenvalue weighted by Crippen LogP contribution is -2.50. The van der Waals surface area contributed by atoms with Crippen molar-refractivity contribution in [3.8, 4) is 0 Å². The van der Waals surface area contributed by atoms with E-state index in [1.54, 1.807) is 0 Å². The van der Waals surface area contributed by atoms with Gasteiger partial charge in [0, 0.05) is 23.3 Å². The average Bonchev–Trinajstić information content (AvgIpc) is 2.73. The van der Waals surface area contributed by atoms with E-state index in [4.69, 9.17) is 0 Å². The summed E-state index contributed by atoms with van der Waals surface area (Å²) in [6.07, 6.45) is 0. The molecule has 0 aliphatic heterocycles. The number of nitro benzene ring substituents is 1. The summed E-state index contributed by atoms with van der Waals surface area (Å²) in [7, 11) is 2.02. The lowest BCUT2D eigenvalue weighted by atomic mass is 9.90. The first-order chi connectivity index (χ1) is 14.0. The van der Waals surface area contributed by atoms with Crippen molar-refractivity contribution in [2.75, 3.05) is 14.2 Å². The predicted octanol–water partition coefficient (Wildman–Crippen LogP) is 2.48. The standard InChI is InChI=1S/C19H16F2N2O7/c1-19(18(26)30-3,14-9-12(20)4-5-15(14)21)22-16(24)10-6-11(17(25)29-2)8-13(7-10)23(27)28/h4-9H,1-3H3,(H,22,24)/t19-/m1/s1. The Morgan fingerprint density at radius 2 is 1.67 bits per heavy atom. The molecule has 0 aliphatic carbocycles. The number of methoxy groups -OCH3 is 2. The molecule has 0 bridgehead atoms. The summed E-state index contributed by atoms with van der Waals surface area (Å²) in [6.45, 7) is 1.08. The van der Waals surface area contributed by atoms with E-state index in [-0.39, 0.29) is 5.56 Å². The van der Waals surface area contributed by atoms with Crippen LogP contribution in [0.1, 0.15) is 33.2 Å². The summed E-state index contributed by atoms with van der Waals surface area (Å²) in [5.74, 6) is -5.03. The zero-order valence-electron chi connectivity index (χ0n) is 16.0. The molecule has 11 heteroatoms. The molecule has 0 radical (unpaired) electrons. The van der Waals surface area contributed by atoms with E-state index in [2.05, 4.69) is 14.8 Å². The normalized spacial score (nSPS) is 12.4. The van der Waals surface area contributed by atoms with Gasteiger partial charge in [-0.25, -0.2) is 18.4 Å². The third-order valence-electron chi connectivity index (χ3n) is 4.24. The zero-order valence-corrected chi connectivity index (χ0v) is 16.0. The number of hydrogen-bond donors (Lipinski definition) is 1. The Balaban J connectivity index is 2.57. The van der Waals surface area contributed by atoms with Gasteiger partial charge in [0.1, 0.15) is 11.6 Å². The number of benzene rings is 2. The number of nitro groups is 1. The van der Waals surface area contributed by atoms with Crippen LogP contribution in [0.4, 0.5) is 14.5 Å². The van der Waals surface area contributed by atoms with Gasteiger partial charge < -0.3 is 14.8 Å². The number of rotatable bonds is 6. The molecule has 2 rings (SSSR count). The number of ether oxygens (including phenoxy) is 2. The number of halogens is 2. The minimum absolute atomic E-state index is 0.298. The van der Waals surface area contributed by atoms with Crippen molar-refractivity contribution in [1.82, 2.24) is 5.32 Å². The highest BCUT2D eigenvalue weighted by Gasteiger charge is 2.41.